The number of amides is 2. The third-order valence-electron chi connectivity index (χ3n) is 4.33. The van der Waals surface area contributed by atoms with Crippen LogP contribution in [0.25, 0.3) is 0 Å². The summed E-state index contributed by atoms with van der Waals surface area (Å²) < 4.78 is 19.7. The van der Waals surface area contributed by atoms with Crippen molar-refractivity contribution >= 4 is 39.3 Å². The van der Waals surface area contributed by atoms with Crippen LogP contribution in [0.15, 0.2) is 46.9 Å². The van der Waals surface area contributed by atoms with E-state index < -0.39 is 6.04 Å². The molecule has 1 atom stereocenters. The number of halogens is 3. The molecule has 0 aliphatic rings. The Balaban J connectivity index is 2.22. The molecule has 0 aliphatic carbocycles. The predicted molar refractivity (Wildman–Crippen MR) is 119 cm³/mol. The summed E-state index contributed by atoms with van der Waals surface area (Å²) in [6.45, 7) is 5.42. The van der Waals surface area contributed by atoms with Crippen molar-refractivity contribution in [3.63, 3.8) is 0 Å². The molecule has 2 aromatic carbocycles. The first-order valence-corrected chi connectivity index (χ1v) is 10.8. The summed E-state index contributed by atoms with van der Waals surface area (Å²) in [6.07, 6.45) is 0.421. The maximum atomic E-state index is 13.3. The largest absolute Gasteiger partial charge is 0.482 e. The topological polar surface area (TPSA) is 58.6 Å². The molecule has 2 aromatic rings. The second-order valence-corrected chi connectivity index (χ2v) is 8.42. The molecule has 0 heterocycles. The monoisotopic (exact) mass is 498 g/mol. The van der Waals surface area contributed by atoms with E-state index in [1.807, 2.05) is 20.8 Å². The molecular weight excluding hydrogens is 475 g/mol. The first-order valence-electron chi connectivity index (χ1n) is 9.63. The minimum Gasteiger partial charge on any atom is -0.482 e. The van der Waals surface area contributed by atoms with Gasteiger partial charge in [-0.05, 0) is 56.2 Å². The summed E-state index contributed by atoms with van der Waals surface area (Å²) in [7, 11) is 0. The summed E-state index contributed by atoms with van der Waals surface area (Å²) in [6, 6.07) is 10.2. The Kier molecular flexibility index (Phi) is 9.11. The van der Waals surface area contributed by atoms with E-state index >= 15 is 0 Å². The number of carbonyl (C=O) groups is 2. The van der Waals surface area contributed by atoms with E-state index in [4.69, 9.17) is 16.3 Å². The highest BCUT2D eigenvalue weighted by molar-refractivity contribution is 9.10. The van der Waals surface area contributed by atoms with E-state index in [9.17, 15) is 14.0 Å². The number of benzene rings is 2. The zero-order valence-electron chi connectivity index (χ0n) is 17.1. The minimum absolute atomic E-state index is 0.0628. The van der Waals surface area contributed by atoms with E-state index in [-0.39, 0.29) is 36.8 Å². The molecule has 162 valence electrons. The lowest BCUT2D eigenvalue weighted by Crippen LogP contribution is -2.51. The van der Waals surface area contributed by atoms with Crippen LogP contribution in [-0.2, 0) is 16.1 Å². The smallest absolute Gasteiger partial charge is 0.261 e. The Morgan fingerprint density at radius 2 is 1.87 bits per heavy atom. The van der Waals surface area contributed by atoms with Crippen LogP contribution in [0.4, 0.5) is 4.39 Å². The molecule has 1 N–H and O–H groups in total. The van der Waals surface area contributed by atoms with Gasteiger partial charge in [-0.15, -0.1) is 0 Å². The first kappa shape index (κ1) is 24.2. The predicted octanol–water partition coefficient (Wildman–Crippen LogP) is 4.95. The molecule has 0 aromatic heterocycles. The van der Waals surface area contributed by atoms with Crippen LogP contribution in [0.5, 0.6) is 5.75 Å². The van der Waals surface area contributed by atoms with Gasteiger partial charge in [0, 0.05) is 17.1 Å². The van der Waals surface area contributed by atoms with Crippen LogP contribution in [0.3, 0.4) is 0 Å². The van der Waals surface area contributed by atoms with Gasteiger partial charge in [0.25, 0.3) is 5.91 Å². The van der Waals surface area contributed by atoms with Crippen molar-refractivity contribution in [2.75, 3.05) is 6.61 Å². The van der Waals surface area contributed by atoms with Crippen molar-refractivity contribution in [1.82, 2.24) is 10.2 Å². The van der Waals surface area contributed by atoms with Crippen LogP contribution < -0.4 is 10.1 Å². The van der Waals surface area contributed by atoms with E-state index in [1.54, 1.807) is 30.3 Å². The molecule has 0 bridgehead atoms. The van der Waals surface area contributed by atoms with E-state index in [0.717, 1.165) is 4.47 Å². The van der Waals surface area contributed by atoms with Crippen LogP contribution in [0.2, 0.25) is 5.02 Å². The highest BCUT2D eigenvalue weighted by Gasteiger charge is 2.29. The molecule has 8 heteroatoms. The zero-order chi connectivity index (χ0) is 22.3. The molecule has 2 rings (SSSR count). The lowest BCUT2D eigenvalue weighted by Gasteiger charge is -2.31. The number of nitrogens with one attached hydrogen (secondary N) is 1. The van der Waals surface area contributed by atoms with Crippen LogP contribution in [0, 0.1) is 5.82 Å². The SMILES string of the molecule is CC[C@H](C(=O)NC(C)C)N(Cc1ccc(F)cc1)C(=O)COc1ccc(Br)cc1Cl. The molecule has 0 unspecified atom stereocenters. The van der Waals surface area contributed by atoms with Crippen LogP contribution in [-0.4, -0.2) is 35.4 Å². The molecule has 0 radical (unpaired) electrons. The van der Waals surface area contributed by atoms with Gasteiger partial charge in [-0.1, -0.05) is 46.6 Å². The standard InChI is InChI=1S/C22H25BrClFN2O3/c1-4-19(22(29)26-14(2)3)27(12-15-5-8-17(25)9-6-15)21(28)13-30-20-10-7-16(23)11-18(20)24/h5-11,14,19H,4,12-13H2,1-3H3,(H,26,29)/t19-/m1/s1. The molecule has 2 amide bonds. The molecule has 30 heavy (non-hydrogen) atoms. The maximum Gasteiger partial charge on any atom is 0.261 e. The van der Waals surface area contributed by atoms with Gasteiger partial charge in [0.05, 0.1) is 5.02 Å². The number of ether oxygens (including phenoxy) is 1. The Labute approximate surface area is 189 Å². The normalized spacial score (nSPS) is 11.8. The van der Waals surface area contributed by atoms with Gasteiger partial charge in [-0.2, -0.15) is 0 Å². The number of carbonyl (C=O) groups excluding carboxylic acids is 2. The highest BCUT2D eigenvalue weighted by atomic mass is 79.9. The number of nitrogens with zero attached hydrogens (tertiary/aromatic N) is 1. The van der Waals surface area contributed by atoms with Crippen molar-refractivity contribution in [3.8, 4) is 5.75 Å². The minimum atomic E-state index is -0.686. The highest BCUT2D eigenvalue weighted by Crippen LogP contribution is 2.27. The Hall–Kier alpha value is -2.12. The van der Waals surface area contributed by atoms with Crippen molar-refractivity contribution < 1.29 is 18.7 Å². The summed E-state index contributed by atoms with van der Waals surface area (Å²) >= 11 is 9.47. The van der Waals surface area contributed by atoms with Gasteiger partial charge in [-0.25, -0.2) is 4.39 Å². The van der Waals surface area contributed by atoms with Crippen molar-refractivity contribution in [3.05, 3.63) is 63.3 Å². The van der Waals surface area contributed by atoms with E-state index in [1.165, 1.54) is 17.0 Å². The molecule has 0 saturated heterocycles. The molecule has 0 aliphatic heterocycles. The zero-order valence-corrected chi connectivity index (χ0v) is 19.5. The molecule has 0 fully saturated rings. The average Bonchev–Trinajstić information content (AvgIpc) is 2.68. The second kappa shape index (κ2) is 11.3. The average molecular weight is 500 g/mol. The molecular formula is C22H25BrClFN2O3. The summed E-state index contributed by atoms with van der Waals surface area (Å²) in [5.74, 6) is -0.613. The quantitative estimate of drug-likeness (QED) is 0.531. The molecule has 5 nitrogen and oxygen atoms in total. The Bertz CT molecular complexity index is 877. The third-order valence-corrected chi connectivity index (χ3v) is 5.12. The van der Waals surface area contributed by atoms with E-state index in [0.29, 0.717) is 22.8 Å². The number of hydrogen-bond donors (Lipinski definition) is 1. The van der Waals surface area contributed by atoms with Crippen molar-refractivity contribution in [1.29, 1.82) is 0 Å². The van der Waals surface area contributed by atoms with Gasteiger partial charge in [-0.3, -0.25) is 9.59 Å². The first-order chi connectivity index (χ1) is 14.2. The van der Waals surface area contributed by atoms with Crippen molar-refractivity contribution in [2.45, 2.75) is 45.8 Å². The van der Waals surface area contributed by atoms with Gasteiger partial charge in [0.15, 0.2) is 6.61 Å². The fraction of sp³-hybridized carbons (Fsp3) is 0.364. The summed E-state index contributed by atoms with van der Waals surface area (Å²) in [4.78, 5) is 27.2. The Morgan fingerprint density at radius 3 is 2.43 bits per heavy atom. The lowest BCUT2D eigenvalue weighted by molar-refractivity contribution is -0.143. The maximum absolute atomic E-state index is 13.3. The van der Waals surface area contributed by atoms with Gasteiger partial charge in [0.1, 0.15) is 17.6 Å². The van der Waals surface area contributed by atoms with E-state index in [2.05, 4.69) is 21.2 Å². The van der Waals surface area contributed by atoms with Crippen LogP contribution >= 0.6 is 27.5 Å². The number of hydrogen-bond acceptors (Lipinski definition) is 3. The van der Waals surface area contributed by atoms with Crippen molar-refractivity contribution in [2.24, 2.45) is 0 Å². The fourth-order valence-corrected chi connectivity index (χ4v) is 3.63. The third kappa shape index (κ3) is 6.99. The fourth-order valence-electron chi connectivity index (χ4n) is 2.90. The van der Waals surface area contributed by atoms with Crippen LogP contribution in [0.1, 0.15) is 32.8 Å². The van der Waals surface area contributed by atoms with Gasteiger partial charge >= 0.3 is 0 Å². The summed E-state index contributed by atoms with van der Waals surface area (Å²) in [5, 5.41) is 3.22. The van der Waals surface area contributed by atoms with Gasteiger partial charge in [0.2, 0.25) is 5.91 Å². The molecule has 0 spiro atoms. The summed E-state index contributed by atoms with van der Waals surface area (Å²) in [5.41, 5.74) is 0.710. The molecule has 0 saturated carbocycles. The van der Waals surface area contributed by atoms with Gasteiger partial charge < -0.3 is 15.0 Å². The second-order valence-electron chi connectivity index (χ2n) is 7.10. The number of rotatable bonds is 9. The Morgan fingerprint density at radius 1 is 1.20 bits per heavy atom. The lowest BCUT2D eigenvalue weighted by atomic mass is 10.1.